The standard InChI is InChI=1S/C23H24ClN3O3/c1-25-23(29)18-9-7-17(8-10-18)15-27(16-21-6-3-13-30-21)12-11-22(28)26-20-5-2-4-19(24)14-20/h2-10,13-14H,11-12,15-16H2,1H3,(H,25,29)(H,26,28). The minimum absolute atomic E-state index is 0.0864. The van der Waals surface area contributed by atoms with E-state index in [9.17, 15) is 9.59 Å². The zero-order valence-corrected chi connectivity index (χ0v) is 17.5. The molecule has 3 rings (SSSR count). The summed E-state index contributed by atoms with van der Waals surface area (Å²) in [6.45, 7) is 1.75. The molecule has 2 amide bonds. The zero-order chi connectivity index (χ0) is 21.3. The number of hydrogen-bond acceptors (Lipinski definition) is 4. The maximum Gasteiger partial charge on any atom is 0.251 e. The van der Waals surface area contributed by atoms with E-state index in [4.69, 9.17) is 16.0 Å². The lowest BCUT2D eigenvalue weighted by Crippen LogP contribution is -2.27. The molecular formula is C23H24ClN3O3. The van der Waals surface area contributed by atoms with Crippen LogP contribution in [0.3, 0.4) is 0 Å². The van der Waals surface area contributed by atoms with E-state index in [2.05, 4.69) is 15.5 Å². The maximum atomic E-state index is 12.4. The summed E-state index contributed by atoms with van der Waals surface area (Å²) >= 11 is 5.97. The van der Waals surface area contributed by atoms with Crippen LogP contribution in [0.5, 0.6) is 0 Å². The number of nitrogens with zero attached hydrogens (tertiary/aromatic N) is 1. The lowest BCUT2D eigenvalue weighted by Gasteiger charge is -2.21. The van der Waals surface area contributed by atoms with E-state index in [1.165, 1.54) is 0 Å². The van der Waals surface area contributed by atoms with E-state index in [0.717, 1.165) is 11.3 Å². The summed E-state index contributed by atoms with van der Waals surface area (Å²) in [7, 11) is 1.61. The molecule has 0 bridgehead atoms. The van der Waals surface area contributed by atoms with Gasteiger partial charge in [-0.2, -0.15) is 0 Å². The summed E-state index contributed by atoms with van der Waals surface area (Å²) in [4.78, 5) is 26.2. The lowest BCUT2D eigenvalue weighted by atomic mass is 10.1. The van der Waals surface area contributed by atoms with Crippen LogP contribution in [0, 0.1) is 0 Å². The first-order valence-electron chi connectivity index (χ1n) is 9.64. The largest absolute Gasteiger partial charge is 0.468 e. The Morgan fingerprint density at radius 2 is 1.83 bits per heavy atom. The van der Waals surface area contributed by atoms with Crippen molar-refractivity contribution in [1.29, 1.82) is 0 Å². The number of carbonyl (C=O) groups excluding carboxylic acids is 2. The van der Waals surface area contributed by atoms with E-state index in [0.29, 0.717) is 42.3 Å². The minimum Gasteiger partial charge on any atom is -0.468 e. The van der Waals surface area contributed by atoms with Crippen LogP contribution in [0.15, 0.2) is 71.3 Å². The number of anilines is 1. The molecule has 0 saturated carbocycles. The highest BCUT2D eigenvalue weighted by atomic mass is 35.5. The van der Waals surface area contributed by atoms with Gasteiger partial charge in [-0.3, -0.25) is 14.5 Å². The fourth-order valence-electron chi connectivity index (χ4n) is 3.05. The molecule has 0 aliphatic carbocycles. The molecule has 0 fully saturated rings. The van der Waals surface area contributed by atoms with Gasteiger partial charge in [0.15, 0.2) is 0 Å². The molecule has 0 spiro atoms. The van der Waals surface area contributed by atoms with Crippen LogP contribution in [-0.2, 0) is 17.9 Å². The van der Waals surface area contributed by atoms with Gasteiger partial charge in [0.1, 0.15) is 5.76 Å². The van der Waals surface area contributed by atoms with E-state index in [1.54, 1.807) is 49.7 Å². The van der Waals surface area contributed by atoms with Gasteiger partial charge in [-0.05, 0) is 48.0 Å². The molecule has 0 atom stereocenters. The summed E-state index contributed by atoms with van der Waals surface area (Å²) in [6.07, 6.45) is 1.96. The molecule has 7 heteroatoms. The second kappa shape index (κ2) is 10.6. The maximum absolute atomic E-state index is 12.4. The van der Waals surface area contributed by atoms with Crippen LogP contribution in [0.4, 0.5) is 5.69 Å². The summed E-state index contributed by atoms with van der Waals surface area (Å²) in [5.74, 6) is 0.621. The molecule has 6 nitrogen and oxygen atoms in total. The van der Waals surface area contributed by atoms with Crippen LogP contribution in [0.2, 0.25) is 5.02 Å². The Kier molecular flexibility index (Phi) is 7.65. The second-order valence-electron chi connectivity index (χ2n) is 6.87. The molecule has 3 aromatic rings. The smallest absolute Gasteiger partial charge is 0.251 e. The Labute approximate surface area is 180 Å². The Bertz CT molecular complexity index is 972. The van der Waals surface area contributed by atoms with Crippen molar-refractivity contribution >= 4 is 29.1 Å². The first kappa shape index (κ1) is 21.6. The van der Waals surface area contributed by atoms with Crippen molar-refractivity contribution < 1.29 is 14.0 Å². The third kappa shape index (κ3) is 6.47. The number of halogens is 1. The quantitative estimate of drug-likeness (QED) is 0.535. The van der Waals surface area contributed by atoms with Crippen molar-refractivity contribution in [3.63, 3.8) is 0 Å². The van der Waals surface area contributed by atoms with Crippen LogP contribution in [-0.4, -0.2) is 30.3 Å². The van der Waals surface area contributed by atoms with Gasteiger partial charge in [0.2, 0.25) is 5.91 Å². The Balaban J connectivity index is 1.62. The predicted molar refractivity (Wildman–Crippen MR) is 117 cm³/mol. The third-order valence-corrected chi connectivity index (χ3v) is 4.81. The third-order valence-electron chi connectivity index (χ3n) is 4.57. The number of benzene rings is 2. The molecular weight excluding hydrogens is 402 g/mol. The highest BCUT2D eigenvalue weighted by Crippen LogP contribution is 2.16. The molecule has 2 aromatic carbocycles. The van der Waals surface area contributed by atoms with Gasteiger partial charge in [0.25, 0.3) is 5.91 Å². The molecule has 0 saturated heterocycles. The molecule has 0 unspecified atom stereocenters. The average molecular weight is 426 g/mol. The van der Waals surface area contributed by atoms with E-state index in [-0.39, 0.29) is 11.8 Å². The molecule has 0 aliphatic rings. The summed E-state index contributed by atoms with van der Waals surface area (Å²) in [5.41, 5.74) is 2.33. The number of nitrogens with one attached hydrogen (secondary N) is 2. The van der Waals surface area contributed by atoms with Crippen LogP contribution >= 0.6 is 11.6 Å². The van der Waals surface area contributed by atoms with Crippen LogP contribution in [0.1, 0.15) is 28.1 Å². The van der Waals surface area contributed by atoms with Crippen molar-refractivity contribution in [3.8, 4) is 0 Å². The van der Waals surface area contributed by atoms with Gasteiger partial charge in [0.05, 0.1) is 12.8 Å². The van der Waals surface area contributed by atoms with Gasteiger partial charge in [0, 0.05) is 42.8 Å². The first-order valence-corrected chi connectivity index (χ1v) is 10.0. The fourth-order valence-corrected chi connectivity index (χ4v) is 3.24. The summed E-state index contributed by atoms with van der Waals surface area (Å²) in [5, 5.41) is 6.06. The van der Waals surface area contributed by atoms with Gasteiger partial charge in [-0.1, -0.05) is 29.8 Å². The van der Waals surface area contributed by atoms with Crippen molar-refractivity contribution in [2.24, 2.45) is 0 Å². The highest BCUT2D eigenvalue weighted by Gasteiger charge is 2.13. The number of hydrogen-bond donors (Lipinski definition) is 2. The normalized spacial score (nSPS) is 10.8. The van der Waals surface area contributed by atoms with Crippen LogP contribution < -0.4 is 10.6 Å². The van der Waals surface area contributed by atoms with Crippen molar-refractivity contribution in [1.82, 2.24) is 10.2 Å². The fraction of sp³-hybridized carbons (Fsp3) is 0.217. The van der Waals surface area contributed by atoms with Crippen molar-refractivity contribution in [3.05, 3.63) is 88.8 Å². The molecule has 1 aromatic heterocycles. The Morgan fingerprint density at radius 1 is 1.03 bits per heavy atom. The SMILES string of the molecule is CNC(=O)c1ccc(CN(CCC(=O)Nc2cccc(Cl)c2)Cc2ccco2)cc1. The predicted octanol–water partition coefficient (Wildman–Crippen LogP) is 4.32. The van der Waals surface area contributed by atoms with E-state index in [1.807, 2.05) is 24.3 Å². The Morgan fingerprint density at radius 3 is 2.50 bits per heavy atom. The summed E-state index contributed by atoms with van der Waals surface area (Å²) in [6, 6.07) is 18.3. The lowest BCUT2D eigenvalue weighted by molar-refractivity contribution is -0.116. The van der Waals surface area contributed by atoms with Crippen molar-refractivity contribution in [2.75, 3.05) is 18.9 Å². The summed E-state index contributed by atoms with van der Waals surface area (Å²) < 4.78 is 5.47. The molecule has 2 N–H and O–H groups in total. The number of rotatable bonds is 9. The molecule has 0 radical (unpaired) electrons. The molecule has 156 valence electrons. The van der Waals surface area contributed by atoms with Crippen molar-refractivity contribution in [2.45, 2.75) is 19.5 Å². The zero-order valence-electron chi connectivity index (χ0n) is 16.7. The van der Waals surface area contributed by atoms with Crippen LogP contribution in [0.25, 0.3) is 0 Å². The topological polar surface area (TPSA) is 74.6 Å². The first-order chi connectivity index (χ1) is 14.5. The number of amides is 2. The molecule has 30 heavy (non-hydrogen) atoms. The van der Waals surface area contributed by atoms with E-state index < -0.39 is 0 Å². The second-order valence-corrected chi connectivity index (χ2v) is 7.31. The van der Waals surface area contributed by atoms with E-state index >= 15 is 0 Å². The van der Waals surface area contributed by atoms with Gasteiger partial charge >= 0.3 is 0 Å². The monoisotopic (exact) mass is 425 g/mol. The van der Waals surface area contributed by atoms with Gasteiger partial charge in [-0.25, -0.2) is 0 Å². The number of carbonyl (C=O) groups is 2. The van der Waals surface area contributed by atoms with Gasteiger partial charge in [-0.15, -0.1) is 0 Å². The minimum atomic E-state index is -0.119. The molecule has 1 heterocycles. The average Bonchev–Trinajstić information content (AvgIpc) is 3.25. The Hall–Kier alpha value is -3.09. The van der Waals surface area contributed by atoms with Gasteiger partial charge < -0.3 is 15.1 Å². The number of furan rings is 1. The highest BCUT2D eigenvalue weighted by molar-refractivity contribution is 6.30. The molecule has 0 aliphatic heterocycles.